The van der Waals surface area contributed by atoms with Gasteiger partial charge in [-0.2, -0.15) is 0 Å². The van der Waals surface area contributed by atoms with Gasteiger partial charge in [-0.25, -0.2) is 0 Å². The zero-order valence-electron chi connectivity index (χ0n) is 17.1. The van der Waals surface area contributed by atoms with Crippen LogP contribution in [0.4, 0.5) is 11.4 Å². The molecule has 34 heavy (non-hydrogen) atoms. The number of nitrogens with zero attached hydrogens (tertiary/aromatic N) is 1. The van der Waals surface area contributed by atoms with E-state index in [1.54, 1.807) is 0 Å². The van der Waals surface area contributed by atoms with Crippen LogP contribution >= 0.6 is 34.8 Å². The molecule has 3 aromatic rings. The predicted octanol–water partition coefficient (Wildman–Crippen LogP) is 5.66. The van der Waals surface area contributed by atoms with E-state index in [0.717, 1.165) is 6.07 Å². The summed E-state index contributed by atoms with van der Waals surface area (Å²) in [5, 5.41) is 32.3. The van der Waals surface area contributed by atoms with Crippen LogP contribution in [-0.2, 0) is 11.4 Å². The van der Waals surface area contributed by atoms with Gasteiger partial charge < -0.3 is 15.5 Å². The van der Waals surface area contributed by atoms with Crippen LogP contribution in [0.2, 0.25) is 15.1 Å². The molecule has 0 aliphatic heterocycles. The van der Waals surface area contributed by atoms with Crippen molar-refractivity contribution < 1.29 is 24.7 Å². The Labute approximate surface area is 208 Å². The SMILES string of the molecule is O=C(Nc1cc([N+](=O)[O-])ccc1Cl)/C(=C/c1cc(Cl)c(O)c(Cl)c1)C(=O)c1ccc(CO)cc1. The van der Waals surface area contributed by atoms with Gasteiger partial charge in [0.15, 0.2) is 11.5 Å². The number of benzene rings is 3. The van der Waals surface area contributed by atoms with Crippen molar-refractivity contribution in [2.24, 2.45) is 0 Å². The first-order valence-corrected chi connectivity index (χ1v) is 10.6. The van der Waals surface area contributed by atoms with Gasteiger partial charge in [-0.3, -0.25) is 19.7 Å². The van der Waals surface area contributed by atoms with Crippen LogP contribution in [0, 0.1) is 10.1 Å². The predicted molar refractivity (Wildman–Crippen MR) is 130 cm³/mol. The summed E-state index contributed by atoms with van der Waals surface area (Å²) in [6, 6.07) is 12.0. The first kappa shape index (κ1) is 25.2. The van der Waals surface area contributed by atoms with Gasteiger partial charge in [-0.15, -0.1) is 0 Å². The largest absolute Gasteiger partial charge is 0.505 e. The molecule has 174 valence electrons. The summed E-state index contributed by atoms with van der Waals surface area (Å²) in [6.07, 6.45) is 1.21. The third-order valence-electron chi connectivity index (χ3n) is 4.65. The van der Waals surface area contributed by atoms with Crippen LogP contribution in [0.15, 0.2) is 60.2 Å². The lowest BCUT2D eigenvalue weighted by Crippen LogP contribution is -2.21. The Morgan fingerprint density at radius 1 is 0.971 bits per heavy atom. The van der Waals surface area contributed by atoms with Crippen molar-refractivity contribution in [2.45, 2.75) is 6.61 Å². The Hall–Kier alpha value is -3.43. The molecule has 0 radical (unpaired) electrons. The standard InChI is InChI=1S/C23H15Cl3N2O6/c24-17-6-5-15(28(33)34)10-20(17)27-23(32)16(7-13-8-18(25)22(31)19(26)9-13)21(30)14-3-1-12(11-29)2-4-14/h1-10,29,31H,11H2,(H,27,32)/b16-7+. The number of carbonyl (C=O) groups is 2. The maximum absolute atomic E-state index is 13.2. The minimum atomic E-state index is -0.904. The first-order chi connectivity index (χ1) is 16.1. The van der Waals surface area contributed by atoms with Crippen molar-refractivity contribution in [1.29, 1.82) is 0 Å². The van der Waals surface area contributed by atoms with Gasteiger partial charge in [-0.1, -0.05) is 59.1 Å². The topological polar surface area (TPSA) is 130 Å². The summed E-state index contributed by atoms with van der Waals surface area (Å²) in [7, 11) is 0. The average Bonchev–Trinajstić information content (AvgIpc) is 2.81. The van der Waals surface area contributed by atoms with Crippen molar-refractivity contribution in [3.8, 4) is 5.75 Å². The molecule has 0 saturated heterocycles. The molecule has 0 heterocycles. The number of hydrogen-bond donors (Lipinski definition) is 3. The van der Waals surface area contributed by atoms with E-state index in [9.17, 15) is 29.9 Å². The van der Waals surface area contributed by atoms with Gasteiger partial charge in [-0.05, 0) is 35.4 Å². The van der Waals surface area contributed by atoms with E-state index in [1.165, 1.54) is 54.6 Å². The van der Waals surface area contributed by atoms with Crippen molar-refractivity contribution in [2.75, 3.05) is 5.32 Å². The molecule has 0 bridgehead atoms. The van der Waals surface area contributed by atoms with E-state index in [2.05, 4.69) is 5.32 Å². The zero-order chi connectivity index (χ0) is 25.0. The number of non-ortho nitro benzene ring substituents is 1. The summed E-state index contributed by atoms with van der Waals surface area (Å²) < 4.78 is 0. The van der Waals surface area contributed by atoms with E-state index >= 15 is 0 Å². The minimum absolute atomic E-state index is 0.0220. The Balaban J connectivity index is 2.07. The second kappa shape index (κ2) is 10.7. The van der Waals surface area contributed by atoms with Crippen LogP contribution in [0.1, 0.15) is 21.5 Å². The van der Waals surface area contributed by atoms with Gasteiger partial charge in [0.25, 0.3) is 11.6 Å². The molecular weight excluding hydrogens is 507 g/mol. The van der Waals surface area contributed by atoms with Gasteiger partial charge in [0.05, 0.1) is 37.9 Å². The number of aromatic hydroxyl groups is 1. The number of ketones is 1. The molecule has 0 fully saturated rings. The summed E-state index contributed by atoms with van der Waals surface area (Å²) in [4.78, 5) is 36.8. The first-order valence-electron chi connectivity index (χ1n) is 9.50. The van der Waals surface area contributed by atoms with Crippen LogP contribution < -0.4 is 5.32 Å². The number of anilines is 1. The molecule has 1 amide bonds. The maximum Gasteiger partial charge on any atom is 0.271 e. The van der Waals surface area contributed by atoms with E-state index in [-0.39, 0.29) is 55.5 Å². The molecule has 0 saturated carbocycles. The molecule has 3 N–H and O–H groups in total. The van der Waals surface area contributed by atoms with Crippen molar-refractivity contribution in [1.82, 2.24) is 0 Å². The van der Waals surface area contributed by atoms with E-state index in [4.69, 9.17) is 34.8 Å². The van der Waals surface area contributed by atoms with Crippen molar-refractivity contribution in [3.63, 3.8) is 0 Å². The summed E-state index contributed by atoms with van der Waals surface area (Å²) >= 11 is 18.0. The third-order valence-corrected chi connectivity index (χ3v) is 5.55. The number of halogens is 3. The number of nitro groups is 1. The molecule has 0 spiro atoms. The second-order valence-electron chi connectivity index (χ2n) is 6.95. The smallest absolute Gasteiger partial charge is 0.271 e. The number of carbonyl (C=O) groups excluding carboxylic acids is 2. The van der Waals surface area contributed by atoms with Gasteiger partial charge in [0.2, 0.25) is 0 Å². The number of nitro benzene ring substituents is 1. The van der Waals surface area contributed by atoms with Crippen molar-refractivity contribution in [3.05, 3.63) is 102 Å². The monoisotopic (exact) mass is 520 g/mol. The molecule has 0 unspecified atom stereocenters. The number of hydrogen-bond acceptors (Lipinski definition) is 6. The van der Waals surface area contributed by atoms with Crippen LogP contribution in [0.5, 0.6) is 5.75 Å². The fraction of sp³-hybridized carbons (Fsp3) is 0.0435. The molecule has 0 aromatic heterocycles. The van der Waals surface area contributed by atoms with Crippen LogP contribution in [-0.4, -0.2) is 26.8 Å². The van der Waals surface area contributed by atoms with E-state index in [1.807, 2.05) is 0 Å². The quantitative estimate of drug-likeness (QED) is 0.0919. The Morgan fingerprint density at radius 2 is 1.59 bits per heavy atom. The lowest BCUT2D eigenvalue weighted by molar-refractivity contribution is -0.384. The van der Waals surface area contributed by atoms with Gasteiger partial charge in [0.1, 0.15) is 0 Å². The molecule has 0 atom stereocenters. The highest BCUT2D eigenvalue weighted by atomic mass is 35.5. The van der Waals surface area contributed by atoms with Crippen molar-refractivity contribution >= 4 is 63.9 Å². The third kappa shape index (κ3) is 5.73. The number of rotatable bonds is 7. The van der Waals surface area contributed by atoms with E-state index < -0.39 is 16.6 Å². The number of amides is 1. The molecule has 0 aliphatic rings. The zero-order valence-corrected chi connectivity index (χ0v) is 19.4. The molecular formula is C23H15Cl3N2O6. The average molecular weight is 522 g/mol. The van der Waals surface area contributed by atoms with Gasteiger partial charge >= 0.3 is 0 Å². The lowest BCUT2D eigenvalue weighted by atomic mass is 9.99. The Kier molecular flexibility index (Phi) is 7.90. The second-order valence-corrected chi connectivity index (χ2v) is 8.17. The number of Topliss-reactive ketones (excluding diaryl/α,β-unsaturated/α-hetero) is 1. The summed E-state index contributed by atoms with van der Waals surface area (Å²) in [6.45, 7) is -0.229. The normalized spacial score (nSPS) is 11.2. The number of nitrogens with one attached hydrogen (secondary N) is 1. The van der Waals surface area contributed by atoms with E-state index in [0.29, 0.717) is 5.56 Å². The highest BCUT2D eigenvalue weighted by molar-refractivity contribution is 6.38. The number of phenols is 1. The highest BCUT2D eigenvalue weighted by Gasteiger charge is 2.22. The molecule has 3 rings (SSSR count). The minimum Gasteiger partial charge on any atom is -0.505 e. The fourth-order valence-corrected chi connectivity index (χ4v) is 3.57. The molecule has 8 nitrogen and oxygen atoms in total. The number of phenolic OH excluding ortho intramolecular Hbond substituents is 1. The molecule has 0 aliphatic carbocycles. The lowest BCUT2D eigenvalue weighted by Gasteiger charge is -2.11. The molecule has 11 heteroatoms. The summed E-state index contributed by atoms with van der Waals surface area (Å²) in [5.74, 6) is -1.96. The number of aliphatic hydroxyl groups is 1. The maximum atomic E-state index is 13.2. The van der Waals surface area contributed by atoms with Crippen LogP contribution in [0.3, 0.4) is 0 Å². The highest BCUT2D eigenvalue weighted by Crippen LogP contribution is 2.34. The summed E-state index contributed by atoms with van der Waals surface area (Å²) in [5.41, 5.74) is 0.192. The van der Waals surface area contributed by atoms with Gasteiger partial charge in [0, 0.05) is 17.7 Å². The fourth-order valence-electron chi connectivity index (χ4n) is 2.90. The Morgan fingerprint density at radius 3 is 2.15 bits per heavy atom. The van der Waals surface area contributed by atoms with Crippen LogP contribution in [0.25, 0.3) is 6.08 Å². The Bertz CT molecular complexity index is 1300. The number of aliphatic hydroxyl groups excluding tert-OH is 1. The molecule has 3 aromatic carbocycles.